The summed E-state index contributed by atoms with van der Waals surface area (Å²) in [4.78, 5) is 21.9. The van der Waals surface area contributed by atoms with Gasteiger partial charge in [0.15, 0.2) is 0 Å². The summed E-state index contributed by atoms with van der Waals surface area (Å²) in [5.74, 6) is -0.734. The average molecular weight is 169 g/mol. The van der Waals surface area contributed by atoms with E-state index in [4.69, 9.17) is 0 Å². The summed E-state index contributed by atoms with van der Waals surface area (Å²) in [5.41, 5.74) is 0. The summed E-state index contributed by atoms with van der Waals surface area (Å²) in [7, 11) is 0. The number of carbonyl (C=O) groups excluding carboxylic acids is 2. The topological polar surface area (TPSA) is 34.1 Å². The van der Waals surface area contributed by atoms with Crippen molar-refractivity contribution in [2.24, 2.45) is 5.92 Å². The Hall–Kier alpha value is -0.660. The van der Waals surface area contributed by atoms with Gasteiger partial charge in [0, 0.05) is 13.3 Å². The Bertz CT molecular complexity index is 161. The number of rotatable bonds is 6. The van der Waals surface area contributed by atoms with Crippen molar-refractivity contribution < 1.29 is 9.59 Å². The number of ketones is 2. The number of unbranched alkanes of at least 4 members (excludes halogenated alkanes) is 2. The van der Waals surface area contributed by atoms with E-state index in [9.17, 15) is 9.59 Å². The summed E-state index contributed by atoms with van der Waals surface area (Å²) in [6.45, 7) is 6.94. The summed E-state index contributed by atoms with van der Waals surface area (Å²) in [5, 5.41) is 0. The van der Waals surface area contributed by atoms with Crippen LogP contribution in [0.3, 0.4) is 0 Å². The molecule has 0 heterocycles. The highest BCUT2D eigenvalue weighted by molar-refractivity contribution is 6.03. The van der Waals surface area contributed by atoms with E-state index in [-0.39, 0.29) is 11.6 Å². The van der Waals surface area contributed by atoms with Gasteiger partial charge in [-0.15, -0.1) is 0 Å². The van der Waals surface area contributed by atoms with Gasteiger partial charge in [0.1, 0.15) is 11.6 Å². The number of hydrogen-bond donors (Lipinski definition) is 0. The molecule has 1 atom stereocenters. The van der Waals surface area contributed by atoms with Crippen molar-refractivity contribution in [1.82, 2.24) is 0 Å². The first kappa shape index (κ1) is 11.3. The van der Waals surface area contributed by atoms with Gasteiger partial charge in [0.2, 0.25) is 0 Å². The van der Waals surface area contributed by atoms with E-state index < -0.39 is 5.92 Å². The molecule has 0 fully saturated rings. The van der Waals surface area contributed by atoms with Gasteiger partial charge in [0.05, 0.1) is 5.92 Å². The molecule has 0 saturated heterocycles. The Morgan fingerprint density at radius 1 is 1.33 bits per heavy atom. The summed E-state index contributed by atoms with van der Waals surface area (Å²) in [6.07, 6.45) is 3.58. The minimum Gasteiger partial charge on any atom is -0.299 e. The van der Waals surface area contributed by atoms with E-state index in [0.717, 1.165) is 19.3 Å². The number of Topliss-reactive ketones (excluding diaryl/α,β-unsaturated/α-hetero) is 2. The molecule has 1 radical (unpaired) electrons. The zero-order valence-electron chi connectivity index (χ0n) is 7.93. The zero-order valence-corrected chi connectivity index (χ0v) is 7.93. The SMILES string of the molecule is [CH2]C(=O)C(C)C(=O)CCCCC. The van der Waals surface area contributed by atoms with E-state index in [1.807, 2.05) is 0 Å². The van der Waals surface area contributed by atoms with Crippen molar-refractivity contribution in [2.75, 3.05) is 0 Å². The first-order valence-electron chi connectivity index (χ1n) is 4.48. The van der Waals surface area contributed by atoms with Crippen molar-refractivity contribution in [2.45, 2.75) is 39.5 Å². The van der Waals surface area contributed by atoms with Crippen molar-refractivity contribution in [1.29, 1.82) is 0 Å². The Morgan fingerprint density at radius 3 is 2.33 bits per heavy atom. The van der Waals surface area contributed by atoms with Gasteiger partial charge in [-0.25, -0.2) is 0 Å². The van der Waals surface area contributed by atoms with Crippen LogP contribution in [-0.2, 0) is 9.59 Å². The Balaban J connectivity index is 3.65. The van der Waals surface area contributed by atoms with Crippen molar-refractivity contribution in [3.05, 3.63) is 6.92 Å². The second-order valence-electron chi connectivity index (χ2n) is 3.11. The molecule has 0 amide bonds. The zero-order chi connectivity index (χ0) is 9.56. The standard InChI is InChI=1S/C10H17O2/c1-4-5-6-7-10(12)8(2)9(3)11/h8H,3-7H2,1-2H3. The van der Waals surface area contributed by atoms with Crippen LogP contribution in [0.25, 0.3) is 0 Å². The average Bonchev–Trinajstić information content (AvgIpc) is 2.03. The van der Waals surface area contributed by atoms with Crippen LogP contribution in [0.5, 0.6) is 0 Å². The fraction of sp³-hybridized carbons (Fsp3) is 0.700. The van der Waals surface area contributed by atoms with Crippen molar-refractivity contribution >= 4 is 11.6 Å². The number of carbonyl (C=O) groups is 2. The van der Waals surface area contributed by atoms with Gasteiger partial charge in [0.25, 0.3) is 0 Å². The lowest BCUT2D eigenvalue weighted by Gasteiger charge is -2.04. The quantitative estimate of drug-likeness (QED) is 0.451. The van der Waals surface area contributed by atoms with Crippen LogP contribution in [0.2, 0.25) is 0 Å². The molecule has 0 aliphatic carbocycles. The molecule has 0 aliphatic heterocycles. The molecule has 2 heteroatoms. The second kappa shape index (κ2) is 5.92. The van der Waals surface area contributed by atoms with Crippen LogP contribution >= 0.6 is 0 Å². The number of hydrogen-bond acceptors (Lipinski definition) is 2. The molecular formula is C10H17O2. The van der Waals surface area contributed by atoms with E-state index in [0.29, 0.717) is 6.42 Å². The molecule has 0 N–H and O–H groups in total. The predicted molar refractivity (Wildman–Crippen MR) is 48.7 cm³/mol. The third-order valence-corrected chi connectivity index (χ3v) is 1.99. The fourth-order valence-corrected chi connectivity index (χ4v) is 0.945. The van der Waals surface area contributed by atoms with Gasteiger partial charge in [-0.3, -0.25) is 9.59 Å². The van der Waals surface area contributed by atoms with Crippen LogP contribution in [0.4, 0.5) is 0 Å². The summed E-state index contributed by atoms with van der Waals surface area (Å²) < 4.78 is 0. The minimum atomic E-state index is -0.498. The largest absolute Gasteiger partial charge is 0.299 e. The predicted octanol–water partition coefficient (Wildman–Crippen LogP) is 2.18. The highest BCUT2D eigenvalue weighted by Gasteiger charge is 2.16. The molecule has 1 unspecified atom stereocenters. The molecule has 2 nitrogen and oxygen atoms in total. The van der Waals surface area contributed by atoms with E-state index in [1.54, 1.807) is 6.92 Å². The highest BCUT2D eigenvalue weighted by atomic mass is 16.1. The van der Waals surface area contributed by atoms with E-state index >= 15 is 0 Å². The second-order valence-corrected chi connectivity index (χ2v) is 3.11. The van der Waals surface area contributed by atoms with Gasteiger partial charge < -0.3 is 0 Å². The molecule has 12 heavy (non-hydrogen) atoms. The third-order valence-electron chi connectivity index (χ3n) is 1.99. The van der Waals surface area contributed by atoms with Crippen LogP contribution in [0.15, 0.2) is 0 Å². The fourth-order valence-electron chi connectivity index (χ4n) is 0.945. The van der Waals surface area contributed by atoms with E-state index in [1.165, 1.54) is 0 Å². The molecule has 0 aromatic rings. The van der Waals surface area contributed by atoms with Gasteiger partial charge in [-0.1, -0.05) is 19.8 Å². The van der Waals surface area contributed by atoms with Gasteiger partial charge in [-0.05, 0) is 13.3 Å². The molecule has 0 aromatic heterocycles. The molecule has 0 bridgehead atoms. The lowest BCUT2D eigenvalue weighted by Crippen LogP contribution is -2.18. The highest BCUT2D eigenvalue weighted by Crippen LogP contribution is 2.06. The maximum absolute atomic E-state index is 11.2. The maximum Gasteiger partial charge on any atom is 0.143 e. The third kappa shape index (κ3) is 4.27. The van der Waals surface area contributed by atoms with Crippen LogP contribution in [0.1, 0.15) is 39.5 Å². The first-order valence-corrected chi connectivity index (χ1v) is 4.48. The molecule has 0 aromatic carbocycles. The molecule has 0 saturated carbocycles. The normalized spacial score (nSPS) is 12.6. The Labute approximate surface area is 74.3 Å². The van der Waals surface area contributed by atoms with Crippen molar-refractivity contribution in [3.63, 3.8) is 0 Å². The Morgan fingerprint density at radius 2 is 1.92 bits per heavy atom. The summed E-state index contributed by atoms with van der Waals surface area (Å²) in [6, 6.07) is 0. The van der Waals surface area contributed by atoms with Gasteiger partial charge >= 0.3 is 0 Å². The van der Waals surface area contributed by atoms with Crippen molar-refractivity contribution in [3.8, 4) is 0 Å². The lowest BCUT2D eigenvalue weighted by atomic mass is 9.98. The monoisotopic (exact) mass is 169 g/mol. The Kier molecular flexibility index (Phi) is 5.60. The molecule has 0 aliphatic rings. The molecule has 0 spiro atoms. The molecular weight excluding hydrogens is 152 g/mol. The van der Waals surface area contributed by atoms with Gasteiger partial charge in [-0.2, -0.15) is 0 Å². The van der Waals surface area contributed by atoms with Crippen LogP contribution in [-0.4, -0.2) is 11.6 Å². The lowest BCUT2D eigenvalue weighted by molar-refractivity contribution is -0.129. The van der Waals surface area contributed by atoms with E-state index in [2.05, 4.69) is 13.8 Å². The summed E-state index contributed by atoms with van der Waals surface area (Å²) >= 11 is 0. The first-order chi connectivity index (χ1) is 5.59. The minimum absolute atomic E-state index is 0.0310. The molecule has 0 rings (SSSR count). The van der Waals surface area contributed by atoms with Crippen LogP contribution in [0, 0.1) is 12.8 Å². The molecule has 69 valence electrons. The maximum atomic E-state index is 11.2. The smallest absolute Gasteiger partial charge is 0.143 e. The van der Waals surface area contributed by atoms with Crippen LogP contribution < -0.4 is 0 Å².